The second-order valence-corrected chi connectivity index (χ2v) is 4.96. The second kappa shape index (κ2) is 7.03. The summed E-state index contributed by atoms with van der Waals surface area (Å²) in [5, 5.41) is 2.97. The zero-order valence-electron chi connectivity index (χ0n) is 12.2. The van der Waals surface area contributed by atoms with Gasteiger partial charge in [-0.2, -0.15) is 0 Å². The molecule has 1 aromatic rings. The lowest BCUT2D eigenvalue weighted by atomic mass is 10.2. The molecule has 3 N–H and O–H groups in total. The molecule has 7 nitrogen and oxygen atoms in total. The molecule has 2 rings (SSSR count). The van der Waals surface area contributed by atoms with Gasteiger partial charge < -0.3 is 20.9 Å². The van der Waals surface area contributed by atoms with Gasteiger partial charge in [-0.05, 0) is 19.2 Å². The summed E-state index contributed by atoms with van der Waals surface area (Å²) in [4.78, 5) is 31.5. The number of piperazine rings is 1. The highest BCUT2D eigenvalue weighted by atomic mass is 16.2. The Morgan fingerprint density at radius 2 is 2.05 bits per heavy atom. The number of pyridine rings is 1. The molecule has 7 heteroatoms. The second-order valence-electron chi connectivity index (χ2n) is 4.96. The van der Waals surface area contributed by atoms with Crippen LogP contribution in [0, 0.1) is 0 Å². The smallest absolute Gasteiger partial charge is 0.252 e. The van der Waals surface area contributed by atoms with Crippen LogP contribution in [0.1, 0.15) is 16.8 Å². The average Bonchev–Trinajstić information content (AvgIpc) is 2.52. The summed E-state index contributed by atoms with van der Waals surface area (Å²) in [7, 11) is 1.83. The Balaban J connectivity index is 1.98. The predicted octanol–water partition coefficient (Wildman–Crippen LogP) is -0.561. The zero-order chi connectivity index (χ0) is 15.2. The molecule has 1 saturated heterocycles. The fourth-order valence-electron chi connectivity index (χ4n) is 2.40. The monoisotopic (exact) mass is 291 g/mol. The Kier molecular flexibility index (Phi) is 5.10. The van der Waals surface area contributed by atoms with E-state index in [2.05, 4.69) is 10.3 Å². The van der Waals surface area contributed by atoms with Gasteiger partial charge >= 0.3 is 0 Å². The van der Waals surface area contributed by atoms with E-state index in [9.17, 15) is 9.59 Å². The maximum absolute atomic E-state index is 12.0. The van der Waals surface area contributed by atoms with Crippen LogP contribution in [-0.2, 0) is 4.79 Å². The normalized spacial score (nSPS) is 15.1. The first-order valence-corrected chi connectivity index (χ1v) is 7.05. The van der Waals surface area contributed by atoms with E-state index >= 15 is 0 Å². The number of hydrogen-bond donors (Lipinski definition) is 2. The molecule has 2 heterocycles. The highest BCUT2D eigenvalue weighted by Crippen LogP contribution is 2.18. The summed E-state index contributed by atoms with van der Waals surface area (Å²) in [5.41, 5.74) is 5.80. The van der Waals surface area contributed by atoms with Crippen molar-refractivity contribution in [1.82, 2.24) is 15.2 Å². The van der Waals surface area contributed by atoms with Crippen LogP contribution in [0.15, 0.2) is 18.3 Å². The quantitative estimate of drug-likeness (QED) is 0.758. The Labute approximate surface area is 124 Å². The molecule has 0 unspecified atom stereocenters. The molecule has 0 atom stereocenters. The number of nitrogens with zero attached hydrogens (tertiary/aromatic N) is 3. The van der Waals surface area contributed by atoms with Crippen LogP contribution < -0.4 is 16.0 Å². The number of aromatic nitrogens is 1. The molecular formula is C14H21N5O2. The number of hydrogen-bond acceptors (Lipinski definition) is 5. The van der Waals surface area contributed by atoms with E-state index in [0.29, 0.717) is 50.5 Å². The Morgan fingerprint density at radius 1 is 1.33 bits per heavy atom. The maximum Gasteiger partial charge on any atom is 0.252 e. The third-order valence-corrected chi connectivity index (χ3v) is 3.57. The van der Waals surface area contributed by atoms with Crippen molar-refractivity contribution >= 4 is 17.6 Å². The van der Waals surface area contributed by atoms with Crippen LogP contribution >= 0.6 is 0 Å². The average molecular weight is 291 g/mol. The first-order valence-electron chi connectivity index (χ1n) is 7.05. The Morgan fingerprint density at radius 3 is 2.67 bits per heavy atom. The minimum absolute atomic E-state index is 0.153. The standard InChI is InChI=1S/C14H21N5O2/c1-16-6-4-12(20)18-7-9-19(10-8-18)14-11(13(15)21)3-2-5-17-14/h2-3,5,16H,4,6-10H2,1H3,(H2,15,21). The number of carbonyl (C=O) groups excluding carboxylic acids is 2. The summed E-state index contributed by atoms with van der Waals surface area (Å²) in [5.74, 6) is 0.276. The molecule has 0 spiro atoms. The molecule has 1 aromatic heterocycles. The van der Waals surface area contributed by atoms with E-state index in [0.717, 1.165) is 0 Å². The zero-order valence-corrected chi connectivity index (χ0v) is 12.2. The van der Waals surface area contributed by atoms with E-state index in [1.54, 1.807) is 18.3 Å². The lowest BCUT2D eigenvalue weighted by Gasteiger charge is -2.36. The summed E-state index contributed by atoms with van der Waals surface area (Å²) < 4.78 is 0. The van der Waals surface area contributed by atoms with Crippen molar-refractivity contribution in [2.75, 3.05) is 44.7 Å². The Bertz CT molecular complexity index is 512. The largest absolute Gasteiger partial charge is 0.365 e. The molecule has 21 heavy (non-hydrogen) atoms. The number of amides is 2. The number of anilines is 1. The van der Waals surface area contributed by atoms with Crippen molar-refractivity contribution in [1.29, 1.82) is 0 Å². The minimum atomic E-state index is -0.481. The fraction of sp³-hybridized carbons (Fsp3) is 0.500. The van der Waals surface area contributed by atoms with E-state index in [-0.39, 0.29) is 5.91 Å². The minimum Gasteiger partial charge on any atom is -0.365 e. The lowest BCUT2D eigenvalue weighted by Crippen LogP contribution is -2.49. The molecule has 0 saturated carbocycles. The van der Waals surface area contributed by atoms with Crippen molar-refractivity contribution in [2.45, 2.75) is 6.42 Å². The van der Waals surface area contributed by atoms with E-state index < -0.39 is 5.91 Å². The first-order chi connectivity index (χ1) is 10.1. The number of carbonyl (C=O) groups is 2. The van der Waals surface area contributed by atoms with Crippen molar-refractivity contribution in [3.8, 4) is 0 Å². The van der Waals surface area contributed by atoms with Crippen LogP contribution in [0.5, 0.6) is 0 Å². The first kappa shape index (κ1) is 15.2. The van der Waals surface area contributed by atoms with Gasteiger partial charge in [0.1, 0.15) is 5.82 Å². The molecular weight excluding hydrogens is 270 g/mol. The van der Waals surface area contributed by atoms with Gasteiger partial charge in [0.25, 0.3) is 5.91 Å². The predicted molar refractivity (Wildman–Crippen MR) is 80.1 cm³/mol. The lowest BCUT2D eigenvalue weighted by molar-refractivity contribution is -0.131. The van der Waals surface area contributed by atoms with Gasteiger partial charge in [0.05, 0.1) is 5.56 Å². The van der Waals surface area contributed by atoms with Gasteiger partial charge in [-0.3, -0.25) is 9.59 Å². The number of nitrogens with two attached hydrogens (primary N) is 1. The van der Waals surface area contributed by atoms with Gasteiger partial charge in [-0.15, -0.1) is 0 Å². The number of rotatable bonds is 5. The molecule has 1 aliphatic rings. The highest BCUT2D eigenvalue weighted by molar-refractivity contribution is 5.97. The van der Waals surface area contributed by atoms with Crippen molar-refractivity contribution in [3.63, 3.8) is 0 Å². The molecule has 0 radical (unpaired) electrons. The van der Waals surface area contributed by atoms with Crippen molar-refractivity contribution in [3.05, 3.63) is 23.9 Å². The van der Waals surface area contributed by atoms with Gasteiger partial charge in [0.2, 0.25) is 5.91 Å². The van der Waals surface area contributed by atoms with Crippen LogP contribution in [0.25, 0.3) is 0 Å². The molecule has 0 bridgehead atoms. The van der Waals surface area contributed by atoms with Gasteiger partial charge in [-0.1, -0.05) is 0 Å². The summed E-state index contributed by atoms with van der Waals surface area (Å²) in [6.07, 6.45) is 2.15. The maximum atomic E-state index is 12.0. The van der Waals surface area contributed by atoms with E-state index in [4.69, 9.17) is 5.73 Å². The fourth-order valence-corrected chi connectivity index (χ4v) is 2.40. The number of nitrogens with one attached hydrogen (secondary N) is 1. The van der Waals surface area contributed by atoms with Crippen molar-refractivity contribution < 1.29 is 9.59 Å². The van der Waals surface area contributed by atoms with Crippen LogP contribution in [0.3, 0.4) is 0 Å². The van der Waals surface area contributed by atoms with Crippen LogP contribution in [0.4, 0.5) is 5.82 Å². The van der Waals surface area contributed by atoms with Crippen LogP contribution in [0.2, 0.25) is 0 Å². The SMILES string of the molecule is CNCCC(=O)N1CCN(c2ncccc2C(N)=O)CC1. The summed E-state index contributed by atoms with van der Waals surface area (Å²) in [6, 6.07) is 3.37. The number of primary amides is 1. The van der Waals surface area contributed by atoms with Gasteiger partial charge in [0.15, 0.2) is 0 Å². The van der Waals surface area contributed by atoms with Gasteiger partial charge in [-0.25, -0.2) is 4.98 Å². The highest BCUT2D eigenvalue weighted by Gasteiger charge is 2.23. The molecule has 2 amide bonds. The summed E-state index contributed by atoms with van der Waals surface area (Å²) >= 11 is 0. The van der Waals surface area contributed by atoms with Gasteiger partial charge in [0, 0.05) is 45.3 Å². The third kappa shape index (κ3) is 3.69. The molecule has 1 fully saturated rings. The summed E-state index contributed by atoms with van der Waals surface area (Å²) in [6.45, 7) is 3.27. The molecule has 1 aliphatic heterocycles. The molecule has 0 aliphatic carbocycles. The topological polar surface area (TPSA) is 91.6 Å². The third-order valence-electron chi connectivity index (χ3n) is 3.57. The Hall–Kier alpha value is -2.15. The van der Waals surface area contributed by atoms with Crippen LogP contribution in [-0.4, -0.2) is 61.5 Å². The van der Waals surface area contributed by atoms with E-state index in [1.165, 1.54) is 0 Å². The molecule has 114 valence electrons. The van der Waals surface area contributed by atoms with Crippen molar-refractivity contribution in [2.24, 2.45) is 5.73 Å². The van der Waals surface area contributed by atoms with E-state index in [1.807, 2.05) is 16.8 Å². The molecule has 0 aromatic carbocycles.